The van der Waals surface area contributed by atoms with Crippen LogP contribution in [-0.2, 0) is 0 Å². The summed E-state index contributed by atoms with van der Waals surface area (Å²) in [7, 11) is 1.62. The number of H-pyrrole nitrogens is 1. The molecule has 1 N–H and O–H groups in total. The van der Waals surface area contributed by atoms with Gasteiger partial charge in [0.05, 0.1) is 13.3 Å². The number of pyridine rings is 1. The molecule has 2 aromatic heterocycles. The number of hydrogen-bond donors (Lipinski definition) is 1. The molecule has 0 saturated carbocycles. The molecular weight excluding hydrogens is 378 g/mol. The third-order valence-electron chi connectivity index (χ3n) is 3.09. The topological polar surface area (TPSA) is 68.1 Å². The zero-order chi connectivity index (χ0) is 16.2. The molecule has 0 aliphatic rings. The Morgan fingerprint density at radius 2 is 2.09 bits per heavy atom. The van der Waals surface area contributed by atoms with Gasteiger partial charge in [0.1, 0.15) is 5.75 Å². The number of halogens is 1. The smallest absolute Gasteiger partial charge is 0.216 e. The predicted octanol–water partition coefficient (Wildman–Crippen LogP) is 3.66. The van der Waals surface area contributed by atoms with Gasteiger partial charge in [-0.25, -0.2) is 5.10 Å². The summed E-state index contributed by atoms with van der Waals surface area (Å²) in [6.07, 6.45) is 5.07. The van der Waals surface area contributed by atoms with Crippen LogP contribution in [0.4, 0.5) is 0 Å². The summed E-state index contributed by atoms with van der Waals surface area (Å²) >= 11 is 8.69. The first-order chi connectivity index (χ1) is 11.2. The summed E-state index contributed by atoms with van der Waals surface area (Å²) < 4.78 is 8.24. The van der Waals surface area contributed by atoms with Crippen LogP contribution in [0, 0.1) is 4.77 Å². The van der Waals surface area contributed by atoms with Crippen LogP contribution in [0.3, 0.4) is 0 Å². The fourth-order valence-corrected chi connectivity index (χ4v) is 2.57. The van der Waals surface area contributed by atoms with E-state index in [2.05, 4.69) is 36.2 Å². The monoisotopic (exact) mass is 389 g/mol. The Bertz CT molecular complexity index is 904. The van der Waals surface area contributed by atoms with Gasteiger partial charge < -0.3 is 4.74 Å². The molecule has 0 aliphatic heterocycles. The lowest BCUT2D eigenvalue weighted by Gasteiger charge is -2.05. The SMILES string of the molecule is COc1ccc(Br)cc1C=Nn1c(-c2ccncc2)n[nH]c1=S. The average Bonchev–Trinajstić information content (AvgIpc) is 2.94. The van der Waals surface area contributed by atoms with E-state index in [1.165, 1.54) is 0 Å². The molecule has 8 heteroatoms. The van der Waals surface area contributed by atoms with Gasteiger partial charge in [-0.15, -0.1) is 0 Å². The van der Waals surface area contributed by atoms with Crippen molar-refractivity contribution in [1.29, 1.82) is 0 Å². The fraction of sp³-hybridized carbons (Fsp3) is 0.0667. The second-order valence-corrected chi connectivity index (χ2v) is 5.83. The highest BCUT2D eigenvalue weighted by Gasteiger charge is 2.08. The first-order valence-corrected chi connectivity index (χ1v) is 7.85. The van der Waals surface area contributed by atoms with Gasteiger partial charge in [0, 0.05) is 28.0 Å². The average molecular weight is 390 g/mol. The third kappa shape index (κ3) is 3.38. The van der Waals surface area contributed by atoms with Crippen molar-refractivity contribution in [3.05, 3.63) is 57.5 Å². The van der Waals surface area contributed by atoms with Crippen molar-refractivity contribution in [2.75, 3.05) is 7.11 Å². The Hall–Kier alpha value is -2.32. The first kappa shape index (κ1) is 15.6. The van der Waals surface area contributed by atoms with E-state index in [0.717, 1.165) is 21.3 Å². The maximum atomic E-state index is 5.34. The van der Waals surface area contributed by atoms with E-state index >= 15 is 0 Å². The number of nitrogens with one attached hydrogen (secondary N) is 1. The minimum absolute atomic E-state index is 0.405. The van der Waals surface area contributed by atoms with Crippen molar-refractivity contribution in [1.82, 2.24) is 19.9 Å². The van der Waals surface area contributed by atoms with Gasteiger partial charge in [-0.05, 0) is 42.5 Å². The van der Waals surface area contributed by atoms with Crippen molar-refractivity contribution in [3.63, 3.8) is 0 Å². The second kappa shape index (κ2) is 6.84. The molecular formula is C15H12BrN5OS. The largest absolute Gasteiger partial charge is 0.496 e. The van der Waals surface area contributed by atoms with Crippen LogP contribution >= 0.6 is 28.1 Å². The number of aromatic amines is 1. The van der Waals surface area contributed by atoms with Gasteiger partial charge in [0.2, 0.25) is 4.77 Å². The third-order valence-corrected chi connectivity index (χ3v) is 3.85. The minimum atomic E-state index is 0.405. The van der Waals surface area contributed by atoms with Gasteiger partial charge in [-0.2, -0.15) is 14.9 Å². The summed E-state index contributed by atoms with van der Waals surface area (Å²) in [6, 6.07) is 9.37. The Balaban J connectivity index is 2.03. The number of hydrogen-bond acceptors (Lipinski definition) is 5. The fourth-order valence-electron chi connectivity index (χ4n) is 2.01. The molecule has 0 fully saturated rings. The molecule has 3 rings (SSSR count). The number of rotatable bonds is 4. The molecule has 2 heterocycles. The van der Waals surface area contributed by atoms with Crippen LogP contribution in [0.2, 0.25) is 0 Å². The quantitative estimate of drug-likeness (QED) is 0.546. The molecule has 0 amide bonds. The van der Waals surface area contributed by atoms with Gasteiger partial charge in [-0.1, -0.05) is 15.9 Å². The highest BCUT2D eigenvalue weighted by molar-refractivity contribution is 9.10. The van der Waals surface area contributed by atoms with Crippen LogP contribution < -0.4 is 4.74 Å². The standard InChI is InChI=1S/C15H12BrN5OS/c1-22-13-3-2-12(16)8-11(13)9-18-21-14(19-20-15(21)23)10-4-6-17-7-5-10/h2-9H,1H3,(H,20,23). The molecule has 0 spiro atoms. The molecule has 0 bridgehead atoms. The summed E-state index contributed by atoms with van der Waals surface area (Å²) in [5.41, 5.74) is 1.69. The van der Waals surface area contributed by atoms with Crippen LogP contribution in [0.25, 0.3) is 11.4 Å². The van der Waals surface area contributed by atoms with E-state index < -0.39 is 0 Å². The number of methoxy groups -OCH3 is 1. The highest BCUT2D eigenvalue weighted by atomic mass is 79.9. The summed E-state index contributed by atoms with van der Waals surface area (Å²) in [6.45, 7) is 0. The van der Waals surface area contributed by atoms with Crippen molar-refractivity contribution >= 4 is 34.4 Å². The molecule has 0 saturated heterocycles. The van der Waals surface area contributed by atoms with E-state index in [1.807, 2.05) is 30.3 Å². The van der Waals surface area contributed by atoms with Gasteiger partial charge in [0.15, 0.2) is 5.82 Å². The van der Waals surface area contributed by atoms with Crippen LogP contribution in [0.1, 0.15) is 5.56 Å². The van der Waals surface area contributed by atoms with Crippen LogP contribution in [0.5, 0.6) is 5.75 Å². The number of ether oxygens (including phenoxy) is 1. The lowest BCUT2D eigenvalue weighted by molar-refractivity contribution is 0.414. The maximum absolute atomic E-state index is 5.34. The molecule has 0 radical (unpaired) electrons. The summed E-state index contributed by atoms with van der Waals surface area (Å²) in [5, 5.41) is 11.4. The van der Waals surface area contributed by atoms with Crippen LogP contribution in [-0.4, -0.2) is 33.2 Å². The number of aromatic nitrogens is 4. The molecule has 3 aromatic rings. The van der Waals surface area contributed by atoms with E-state index in [4.69, 9.17) is 17.0 Å². The number of benzene rings is 1. The van der Waals surface area contributed by atoms with Crippen molar-refractivity contribution in [2.24, 2.45) is 5.10 Å². The summed E-state index contributed by atoms with van der Waals surface area (Å²) in [5.74, 6) is 1.33. The van der Waals surface area contributed by atoms with E-state index in [9.17, 15) is 0 Å². The zero-order valence-electron chi connectivity index (χ0n) is 12.1. The van der Waals surface area contributed by atoms with Crippen molar-refractivity contribution in [2.45, 2.75) is 0 Å². The minimum Gasteiger partial charge on any atom is -0.496 e. The van der Waals surface area contributed by atoms with E-state index in [1.54, 1.807) is 30.4 Å². The number of nitrogens with zero attached hydrogens (tertiary/aromatic N) is 4. The molecule has 0 aliphatic carbocycles. The first-order valence-electron chi connectivity index (χ1n) is 6.65. The summed E-state index contributed by atoms with van der Waals surface area (Å²) in [4.78, 5) is 4.00. The van der Waals surface area contributed by atoms with Gasteiger partial charge >= 0.3 is 0 Å². The van der Waals surface area contributed by atoms with Crippen LogP contribution in [0.15, 0.2) is 52.3 Å². The maximum Gasteiger partial charge on any atom is 0.216 e. The molecule has 0 unspecified atom stereocenters. The second-order valence-electron chi connectivity index (χ2n) is 4.53. The Labute approximate surface area is 146 Å². The van der Waals surface area contributed by atoms with Crippen molar-refractivity contribution < 1.29 is 4.74 Å². The molecule has 116 valence electrons. The predicted molar refractivity (Wildman–Crippen MR) is 94.3 cm³/mol. The highest BCUT2D eigenvalue weighted by Crippen LogP contribution is 2.22. The van der Waals surface area contributed by atoms with Gasteiger partial charge in [0.25, 0.3) is 0 Å². The Morgan fingerprint density at radius 3 is 2.83 bits per heavy atom. The van der Waals surface area contributed by atoms with E-state index in [-0.39, 0.29) is 0 Å². The molecule has 1 aromatic carbocycles. The Morgan fingerprint density at radius 1 is 1.30 bits per heavy atom. The van der Waals surface area contributed by atoms with Crippen molar-refractivity contribution in [3.8, 4) is 17.1 Å². The molecule has 23 heavy (non-hydrogen) atoms. The zero-order valence-corrected chi connectivity index (χ0v) is 14.5. The molecule has 6 nitrogen and oxygen atoms in total. The lowest BCUT2D eigenvalue weighted by Crippen LogP contribution is -1.97. The molecule has 0 atom stereocenters. The normalized spacial score (nSPS) is 11.0. The van der Waals surface area contributed by atoms with E-state index in [0.29, 0.717) is 10.6 Å². The Kier molecular flexibility index (Phi) is 4.63. The van der Waals surface area contributed by atoms with Gasteiger partial charge in [-0.3, -0.25) is 4.98 Å². The lowest BCUT2D eigenvalue weighted by atomic mass is 10.2.